The maximum Gasteiger partial charge on any atom is 0.155 e. The van der Waals surface area contributed by atoms with Crippen LogP contribution in [0.25, 0.3) is 22.0 Å². The second kappa shape index (κ2) is 10.8. The molecule has 3 unspecified atom stereocenters. The van der Waals surface area contributed by atoms with Gasteiger partial charge in [-0.05, 0) is 79.0 Å². The van der Waals surface area contributed by atoms with Gasteiger partial charge in [0, 0.05) is 32.4 Å². The Labute approximate surface area is 210 Å². The van der Waals surface area contributed by atoms with Crippen LogP contribution in [-0.4, -0.2) is 15.9 Å². The van der Waals surface area contributed by atoms with E-state index in [-0.39, 0.29) is 31.6 Å². The average molecular weight is 619 g/mol. The molecule has 3 nitrogen and oxygen atoms in total. The number of carbonyl (C=O) groups is 1. The van der Waals surface area contributed by atoms with Crippen molar-refractivity contribution < 1.29 is 30.0 Å². The van der Waals surface area contributed by atoms with E-state index in [9.17, 15) is 4.79 Å². The van der Waals surface area contributed by atoms with Crippen molar-refractivity contribution in [1.82, 2.24) is 4.98 Å². The quantitative estimate of drug-likeness (QED) is 0.191. The summed E-state index contributed by atoms with van der Waals surface area (Å²) in [5.74, 6) is 2.64. The molecule has 1 N–H and O–H groups in total. The summed E-state index contributed by atoms with van der Waals surface area (Å²) < 4.78 is 0. The maximum absolute atomic E-state index is 10.0. The van der Waals surface area contributed by atoms with E-state index in [4.69, 9.17) is 10.1 Å². The summed E-state index contributed by atoms with van der Waals surface area (Å²) in [7, 11) is 0. The maximum atomic E-state index is 10.0. The van der Waals surface area contributed by atoms with Gasteiger partial charge in [0.1, 0.15) is 0 Å². The molecule has 0 spiro atoms. The summed E-state index contributed by atoms with van der Waals surface area (Å²) in [6.45, 7) is 7.10. The van der Waals surface area contributed by atoms with Gasteiger partial charge in [-0.1, -0.05) is 38.5 Å². The summed E-state index contributed by atoms with van der Waals surface area (Å²) in [5, 5.41) is 10.9. The van der Waals surface area contributed by atoms with Crippen LogP contribution < -0.4 is 0 Å². The van der Waals surface area contributed by atoms with Gasteiger partial charge in [0.25, 0.3) is 0 Å². The van der Waals surface area contributed by atoms with Crippen LogP contribution in [0.4, 0.5) is 0 Å². The van der Waals surface area contributed by atoms with Crippen LogP contribution >= 0.6 is 0 Å². The van der Waals surface area contributed by atoms with Crippen molar-refractivity contribution in [2.75, 3.05) is 0 Å². The number of fused-ring (bicyclic) bond motifs is 3. The van der Waals surface area contributed by atoms with E-state index in [1.54, 1.807) is 5.56 Å². The third-order valence-corrected chi connectivity index (χ3v) is 6.77. The van der Waals surface area contributed by atoms with E-state index in [2.05, 4.69) is 56.3 Å². The monoisotopic (exact) mass is 619 g/mol. The summed E-state index contributed by atoms with van der Waals surface area (Å²) in [5.41, 5.74) is 6.15. The first-order valence-electron chi connectivity index (χ1n) is 11.6. The summed E-state index contributed by atoms with van der Waals surface area (Å²) >= 11 is 0. The van der Waals surface area contributed by atoms with Crippen molar-refractivity contribution in [2.45, 2.75) is 59.3 Å². The Balaban J connectivity index is 0.000000337. The van der Waals surface area contributed by atoms with Gasteiger partial charge in [-0.15, -0.1) is 34.9 Å². The number of aryl methyl sites for hydroxylation is 2. The molecule has 0 aliphatic heterocycles. The molecule has 1 heterocycles. The zero-order chi connectivity index (χ0) is 22.8. The molecule has 2 saturated carbocycles. The van der Waals surface area contributed by atoms with E-state index in [1.165, 1.54) is 67.5 Å². The molecule has 2 aromatic carbocycles. The molecule has 0 amide bonds. The zero-order valence-electron chi connectivity index (χ0n) is 19.8. The van der Waals surface area contributed by atoms with Gasteiger partial charge in [-0.3, -0.25) is 4.79 Å². The largest absolute Gasteiger partial charge is 0.512 e. The summed E-state index contributed by atoms with van der Waals surface area (Å²) in [4.78, 5) is 14.7. The molecular formula is C29H32IrNO2-. The first-order valence-corrected chi connectivity index (χ1v) is 11.6. The molecular weight excluding hydrogens is 587 g/mol. The van der Waals surface area contributed by atoms with E-state index >= 15 is 0 Å². The zero-order valence-corrected chi connectivity index (χ0v) is 22.2. The van der Waals surface area contributed by atoms with Gasteiger partial charge >= 0.3 is 0 Å². The minimum Gasteiger partial charge on any atom is -0.512 e. The van der Waals surface area contributed by atoms with Crippen molar-refractivity contribution >= 4 is 16.6 Å². The molecule has 3 atom stereocenters. The fourth-order valence-corrected chi connectivity index (χ4v) is 5.61. The Hall–Kier alpha value is -2.29. The third-order valence-electron chi connectivity index (χ3n) is 6.77. The van der Waals surface area contributed by atoms with Gasteiger partial charge in [-0.25, -0.2) is 0 Å². The minimum atomic E-state index is -0.125. The summed E-state index contributed by atoms with van der Waals surface area (Å²) in [6.07, 6.45) is 8.88. The topological polar surface area (TPSA) is 50.2 Å². The number of allylic oxidation sites excluding steroid dienone is 2. The van der Waals surface area contributed by atoms with Gasteiger partial charge < -0.3 is 10.1 Å². The van der Waals surface area contributed by atoms with Crippen molar-refractivity contribution in [3.63, 3.8) is 0 Å². The van der Waals surface area contributed by atoms with Crippen LogP contribution in [0, 0.1) is 31.7 Å². The van der Waals surface area contributed by atoms with Crippen molar-refractivity contribution in [1.29, 1.82) is 0 Å². The number of hydrogen-bond donors (Lipinski definition) is 1. The fourth-order valence-electron chi connectivity index (χ4n) is 5.61. The van der Waals surface area contributed by atoms with Gasteiger partial charge in [0.15, 0.2) is 5.78 Å². The average Bonchev–Trinajstić information content (AvgIpc) is 3.35. The first-order chi connectivity index (χ1) is 15.3. The SMILES string of the molecule is CC(=O)/C=C(/C)O.Cc1[c-]c(-c2nccc3cc(C4CC5CCC4C5)ccc23)cc(C)c1.[Ir]. The predicted octanol–water partition coefficient (Wildman–Crippen LogP) is 7.26. The van der Waals surface area contributed by atoms with Crippen molar-refractivity contribution in [2.24, 2.45) is 11.8 Å². The second-order valence-electron chi connectivity index (χ2n) is 9.57. The molecule has 1 radical (unpaired) electrons. The standard InChI is InChI=1S/C24H24N.C5H8O2.Ir/c1-15-9-16(2)11-21(10-15)24-22-6-5-19(14-20(22)7-8-25-24)23-13-17-3-4-18(23)12-17;1-4(6)3-5(2)7;/h5-10,14,17-18,23H,3-4,12-13H2,1-2H3;3,6H,1-2H3;/q-1;;/b;4-3-;. The van der Waals surface area contributed by atoms with Crippen LogP contribution in [0.1, 0.15) is 62.1 Å². The molecule has 3 aromatic rings. The Kier molecular flexibility index (Phi) is 8.26. The van der Waals surface area contributed by atoms with E-state index < -0.39 is 0 Å². The molecule has 1 aromatic heterocycles. The number of aliphatic hydroxyl groups is 1. The molecule has 2 aliphatic rings. The van der Waals surface area contributed by atoms with Gasteiger partial charge in [-0.2, -0.15) is 0 Å². The van der Waals surface area contributed by atoms with E-state index in [1.807, 2.05) is 6.20 Å². The van der Waals surface area contributed by atoms with Crippen LogP contribution in [0.3, 0.4) is 0 Å². The molecule has 4 heteroatoms. The Morgan fingerprint density at radius 3 is 2.45 bits per heavy atom. The Morgan fingerprint density at radius 2 is 1.88 bits per heavy atom. The van der Waals surface area contributed by atoms with Gasteiger partial charge in [0.2, 0.25) is 0 Å². The third kappa shape index (κ3) is 5.99. The van der Waals surface area contributed by atoms with Gasteiger partial charge in [0.05, 0.1) is 5.76 Å². The summed E-state index contributed by atoms with van der Waals surface area (Å²) in [6, 6.07) is 17.1. The number of aliphatic hydroxyl groups excluding tert-OH is 1. The van der Waals surface area contributed by atoms with Crippen molar-refractivity contribution in [3.8, 4) is 11.3 Å². The minimum absolute atomic E-state index is 0. The van der Waals surface area contributed by atoms with Crippen LogP contribution in [0.15, 0.2) is 54.4 Å². The molecule has 33 heavy (non-hydrogen) atoms. The second-order valence-corrected chi connectivity index (χ2v) is 9.57. The number of aromatic nitrogens is 1. The van der Waals surface area contributed by atoms with E-state index in [0.29, 0.717) is 0 Å². The number of nitrogens with zero attached hydrogens (tertiary/aromatic N) is 1. The Bertz CT molecular complexity index is 1160. The normalized spacial score (nSPS) is 21.3. The Morgan fingerprint density at radius 1 is 1.09 bits per heavy atom. The molecule has 0 saturated heterocycles. The smallest absolute Gasteiger partial charge is 0.155 e. The molecule has 2 bridgehead atoms. The number of hydrogen-bond acceptors (Lipinski definition) is 3. The molecule has 5 rings (SSSR count). The predicted molar refractivity (Wildman–Crippen MR) is 131 cm³/mol. The first kappa shape index (κ1) is 25.3. The number of pyridine rings is 1. The van der Waals surface area contributed by atoms with Crippen molar-refractivity contribution in [3.05, 3.63) is 77.2 Å². The molecule has 175 valence electrons. The number of carbonyl (C=O) groups excluding carboxylic acids is 1. The number of benzene rings is 2. The van der Waals surface area contributed by atoms with Crippen LogP contribution in [-0.2, 0) is 24.9 Å². The van der Waals surface area contributed by atoms with Crippen LogP contribution in [0.5, 0.6) is 0 Å². The molecule has 2 aliphatic carbocycles. The number of rotatable bonds is 3. The van der Waals surface area contributed by atoms with Crippen LogP contribution in [0.2, 0.25) is 0 Å². The molecule has 2 fully saturated rings. The van der Waals surface area contributed by atoms with E-state index in [0.717, 1.165) is 29.0 Å². The fraction of sp³-hybridized carbons (Fsp3) is 0.379. The number of ketones is 1.